The highest BCUT2D eigenvalue weighted by molar-refractivity contribution is 7.98. The second-order valence-electron chi connectivity index (χ2n) is 7.22. The maximum absolute atomic E-state index is 12.5. The molecule has 0 fully saturated rings. The summed E-state index contributed by atoms with van der Waals surface area (Å²) in [6, 6.07) is 13.1. The molecular formula is C23H21N7O2S2. The molecule has 4 aromatic heterocycles. The predicted octanol–water partition coefficient (Wildman–Crippen LogP) is 4.05. The van der Waals surface area contributed by atoms with Crippen molar-refractivity contribution >= 4 is 28.1 Å². The van der Waals surface area contributed by atoms with Crippen molar-refractivity contribution in [3.8, 4) is 22.8 Å². The molecule has 4 heterocycles. The summed E-state index contributed by atoms with van der Waals surface area (Å²) >= 11 is 2.91. The average Bonchev–Trinajstić information content (AvgIpc) is 3.48. The standard InChI is InChI=1S/C23H21N7O2S2/c1-3-19-28-30-20(31)13-16(25-22(30)34-19)14-33-23-27-26-21(15-9-11-24-12-10-15)29(23)17-5-7-18(8-6-17)32-4-2/h5-13H,3-4,14H2,1-2H3. The molecule has 0 aliphatic rings. The smallest absolute Gasteiger partial charge is 0.275 e. The molecule has 34 heavy (non-hydrogen) atoms. The first-order valence-electron chi connectivity index (χ1n) is 10.8. The fraction of sp³-hybridized carbons (Fsp3) is 0.217. The highest BCUT2D eigenvalue weighted by Gasteiger charge is 2.17. The van der Waals surface area contributed by atoms with Crippen LogP contribution in [-0.2, 0) is 12.2 Å². The molecule has 11 heteroatoms. The largest absolute Gasteiger partial charge is 0.494 e. The number of thioether (sulfide) groups is 1. The van der Waals surface area contributed by atoms with Crippen LogP contribution in [0.3, 0.4) is 0 Å². The van der Waals surface area contributed by atoms with Crippen molar-refractivity contribution in [2.75, 3.05) is 6.61 Å². The molecule has 0 radical (unpaired) electrons. The van der Waals surface area contributed by atoms with Crippen molar-refractivity contribution < 1.29 is 4.74 Å². The van der Waals surface area contributed by atoms with Crippen LogP contribution in [0.15, 0.2) is 64.8 Å². The van der Waals surface area contributed by atoms with Crippen LogP contribution in [0.5, 0.6) is 5.75 Å². The molecule has 0 N–H and O–H groups in total. The van der Waals surface area contributed by atoms with Gasteiger partial charge in [0.05, 0.1) is 12.3 Å². The van der Waals surface area contributed by atoms with Crippen LogP contribution in [0.1, 0.15) is 24.5 Å². The van der Waals surface area contributed by atoms with Gasteiger partial charge in [0.15, 0.2) is 11.0 Å². The van der Waals surface area contributed by atoms with E-state index in [0.29, 0.717) is 34.0 Å². The summed E-state index contributed by atoms with van der Waals surface area (Å²) in [6.45, 7) is 4.57. The van der Waals surface area contributed by atoms with Gasteiger partial charge in [-0.05, 0) is 49.7 Å². The molecule has 0 spiro atoms. The summed E-state index contributed by atoms with van der Waals surface area (Å²) in [5, 5.41) is 14.8. The van der Waals surface area contributed by atoms with E-state index in [1.54, 1.807) is 12.4 Å². The molecule has 172 valence electrons. The molecule has 5 rings (SSSR count). The molecule has 0 saturated carbocycles. The number of rotatable bonds is 8. The number of aromatic nitrogens is 7. The molecule has 5 aromatic rings. The second kappa shape index (κ2) is 9.74. The molecule has 1 aromatic carbocycles. The van der Waals surface area contributed by atoms with Crippen LogP contribution < -0.4 is 10.3 Å². The maximum Gasteiger partial charge on any atom is 0.275 e. The van der Waals surface area contributed by atoms with Gasteiger partial charge in [0.2, 0.25) is 4.96 Å². The van der Waals surface area contributed by atoms with Crippen LogP contribution in [0.4, 0.5) is 0 Å². The lowest BCUT2D eigenvalue weighted by molar-refractivity contribution is 0.340. The Morgan fingerprint density at radius 3 is 2.59 bits per heavy atom. The minimum atomic E-state index is -0.179. The average molecular weight is 492 g/mol. The number of hydrogen-bond donors (Lipinski definition) is 0. The summed E-state index contributed by atoms with van der Waals surface area (Å²) in [5.74, 6) is 1.97. The zero-order valence-corrected chi connectivity index (χ0v) is 20.2. The summed E-state index contributed by atoms with van der Waals surface area (Å²) < 4.78 is 8.94. The van der Waals surface area contributed by atoms with Crippen molar-refractivity contribution in [1.29, 1.82) is 0 Å². The van der Waals surface area contributed by atoms with Crippen molar-refractivity contribution in [3.05, 3.63) is 75.9 Å². The number of ether oxygens (including phenoxy) is 1. The summed E-state index contributed by atoms with van der Waals surface area (Å²) in [7, 11) is 0. The predicted molar refractivity (Wildman–Crippen MR) is 132 cm³/mol. The molecule has 0 aliphatic heterocycles. The lowest BCUT2D eigenvalue weighted by atomic mass is 10.2. The van der Waals surface area contributed by atoms with Gasteiger partial charge >= 0.3 is 0 Å². The molecule has 0 unspecified atom stereocenters. The quantitative estimate of drug-likeness (QED) is 0.300. The van der Waals surface area contributed by atoms with Gasteiger partial charge in [-0.2, -0.15) is 9.61 Å². The molecule has 0 aliphatic carbocycles. The highest BCUT2D eigenvalue weighted by Crippen LogP contribution is 2.30. The Bertz CT molecular complexity index is 1480. The normalized spacial score (nSPS) is 11.2. The van der Waals surface area contributed by atoms with E-state index in [1.165, 1.54) is 33.7 Å². The van der Waals surface area contributed by atoms with Crippen LogP contribution in [0, 0.1) is 0 Å². The fourth-order valence-corrected chi connectivity index (χ4v) is 5.10. The number of benzene rings is 1. The Balaban J connectivity index is 1.49. The summed E-state index contributed by atoms with van der Waals surface area (Å²) in [5.41, 5.74) is 2.30. The van der Waals surface area contributed by atoms with Gasteiger partial charge in [0.1, 0.15) is 10.8 Å². The first-order chi connectivity index (χ1) is 16.7. The van der Waals surface area contributed by atoms with E-state index in [9.17, 15) is 4.79 Å². The van der Waals surface area contributed by atoms with E-state index < -0.39 is 0 Å². The zero-order valence-electron chi connectivity index (χ0n) is 18.6. The van der Waals surface area contributed by atoms with Gasteiger partial charge in [-0.1, -0.05) is 30.0 Å². The van der Waals surface area contributed by atoms with Crippen LogP contribution in [-0.4, -0.2) is 41.0 Å². The Hall–Kier alpha value is -3.57. The van der Waals surface area contributed by atoms with Gasteiger partial charge in [-0.3, -0.25) is 14.3 Å². The topological polar surface area (TPSA) is 100 Å². The number of hydrogen-bond acceptors (Lipinski definition) is 9. The SMILES string of the molecule is CCOc1ccc(-n2c(SCc3cc(=O)n4nc(CC)sc4n3)nnc2-c2ccncc2)cc1. The number of aryl methyl sites for hydroxylation is 1. The lowest BCUT2D eigenvalue weighted by Crippen LogP contribution is -2.15. The van der Waals surface area contributed by atoms with E-state index in [4.69, 9.17) is 4.74 Å². The third-order valence-electron chi connectivity index (χ3n) is 4.97. The second-order valence-corrected chi connectivity index (χ2v) is 9.21. The first-order valence-corrected chi connectivity index (χ1v) is 12.6. The lowest BCUT2D eigenvalue weighted by Gasteiger charge is -2.11. The van der Waals surface area contributed by atoms with E-state index >= 15 is 0 Å². The van der Waals surface area contributed by atoms with E-state index in [0.717, 1.165) is 28.4 Å². The van der Waals surface area contributed by atoms with Crippen molar-refractivity contribution in [1.82, 2.24) is 34.3 Å². The summed E-state index contributed by atoms with van der Waals surface area (Å²) in [4.78, 5) is 21.9. The molecule has 9 nitrogen and oxygen atoms in total. The maximum atomic E-state index is 12.5. The molecular weight excluding hydrogens is 470 g/mol. The number of nitrogens with zero attached hydrogens (tertiary/aromatic N) is 7. The Kier molecular flexibility index (Phi) is 6.37. The minimum Gasteiger partial charge on any atom is -0.494 e. The van der Waals surface area contributed by atoms with Crippen LogP contribution in [0.2, 0.25) is 0 Å². The zero-order chi connectivity index (χ0) is 23.5. The third-order valence-corrected chi connectivity index (χ3v) is 6.98. The first kappa shape index (κ1) is 22.2. The highest BCUT2D eigenvalue weighted by atomic mass is 32.2. The van der Waals surface area contributed by atoms with Crippen LogP contribution in [0.25, 0.3) is 22.0 Å². The number of fused-ring (bicyclic) bond motifs is 1. The van der Waals surface area contributed by atoms with Gasteiger partial charge in [0.25, 0.3) is 5.56 Å². The van der Waals surface area contributed by atoms with Crippen molar-refractivity contribution in [2.45, 2.75) is 31.2 Å². The van der Waals surface area contributed by atoms with Gasteiger partial charge in [-0.15, -0.1) is 10.2 Å². The summed E-state index contributed by atoms with van der Waals surface area (Å²) in [6.07, 6.45) is 4.22. The number of pyridine rings is 1. The minimum absolute atomic E-state index is 0.179. The van der Waals surface area contributed by atoms with Gasteiger partial charge < -0.3 is 4.74 Å². The van der Waals surface area contributed by atoms with E-state index in [-0.39, 0.29) is 5.56 Å². The van der Waals surface area contributed by atoms with Crippen molar-refractivity contribution in [2.24, 2.45) is 0 Å². The van der Waals surface area contributed by atoms with Gasteiger partial charge in [0, 0.05) is 35.5 Å². The monoisotopic (exact) mass is 491 g/mol. The Labute approximate surface area is 203 Å². The molecule has 0 amide bonds. The molecule has 0 saturated heterocycles. The molecule has 0 atom stereocenters. The third kappa shape index (κ3) is 4.44. The fourth-order valence-electron chi connectivity index (χ4n) is 3.39. The van der Waals surface area contributed by atoms with Crippen LogP contribution >= 0.6 is 23.1 Å². The van der Waals surface area contributed by atoms with E-state index in [1.807, 2.05) is 54.8 Å². The Morgan fingerprint density at radius 2 is 1.85 bits per heavy atom. The van der Waals surface area contributed by atoms with E-state index in [2.05, 4.69) is 25.3 Å². The molecule has 0 bridgehead atoms. The Morgan fingerprint density at radius 1 is 1.06 bits per heavy atom. The van der Waals surface area contributed by atoms with Gasteiger partial charge in [-0.25, -0.2) is 4.98 Å². The van der Waals surface area contributed by atoms with Crippen molar-refractivity contribution in [3.63, 3.8) is 0 Å².